The first-order valence-electron chi connectivity index (χ1n) is 19.2. The van der Waals surface area contributed by atoms with Gasteiger partial charge < -0.3 is 20.8 Å². The van der Waals surface area contributed by atoms with Crippen molar-refractivity contribution in [1.82, 2.24) is 35.3 Å². The third-order valence-electron chi connectivity index (χ3n) is 9.81. The van der Waals surface area contributed by atoms with Gasteiger partial charge >= 0.3 is 6.09 Å². The van der Waals surface area contributed by atoms with Crippen molar-refractivity contribution in [2.24, 2.45) is 5.92 Å². The van der Waals surface area contributed by atoms with Crippen molar-refractivity contribution < 1.29 is 24.6 Å². The number of para-hydroxylation sites is 1. The smallest absolute Gasteiger partial charge is 0.408 e. The molecular weight excluding hydrogens is 715 g/mol. The van der Waals surface area contributed by atoms with Crippen LogP contribution in [0.5, 0.6) is 0 Å². The molecule has 5 rings (SSSR count). The van der Waals surface area contributed by atoms with Gasteiger partial charge in [0, 0.05) is 54.9 Å². The van der Waals surface area contributed by atoms with E-state index in [0.717, 1.165) is 32.1 Å². The molecule has 296 valence electrons. The fraction of sp³-hybridized carbons (Fsp3) is 0.500. The van der Waals surface area contributed by atoms with Gasteiger partial charge in [0.1, 0.15) is 12.1 Å². The summed E-state index contributed by atoms with van der Waals surface area (Å²) < 4.78 is 0. The second kappa shape index (κ2) is 18.5. The molecule has 4 atom stereocenters. The normalized spacial score (nSPS) is 17.2. The number of hydrogen-bond acceptors (Lipinski definition) is 9. The van der Waals surface area contributed by atoms with Crippen molar-refractivity contribution in [3.63, 3.8) is 0 Å². The summed E-state index contributed by atoms with van der Waals surface area (Å²) in [5.41, 5.74) is 2.86. The summed E-state index contributed by atoms with van der Waals surface area (Å²) >= 11 is 1.47. The van der Waals surface area contributed by atoms with Gasteiger partial charge in [-0.2, -0.15) is 0 Å². The Morgan fingerprint density at radius 2 is 1.65 bits per heavy atom. The number of aromatic nitrogens is 2. The van der Waals surface area contributed by atoms with Crippen LogP contribution < -0.4 is 10.6 Å². The highest BCUT2D eigenvalue weighted by molar-refractivity contribution is 7.09. The van der Waals surface area contributed by atoms with Gasteiger partial charge in [0.25, 0.3) is 0 Å². The first-order valence-corrected chi connectivity index (χ1v) is 20.0. The van der Waals surface area contributed by atoms with Gasteiger partial charge in [-0.1, -0.05) is 82.3 Å². The molecule has 0 bridgehead atoms. The van der Waals surface area contributed by atoms with Crippen LogP contribution in [0.4, 0.5) is 4.79 Å². The zero-order chi connectivity index (χ0) is 39.9. The maximum Gasteiger partial charge on any atom is 0.408 e. The summed E-state index contributed by atoms with van der Waals surface area (Å²) in [6, 6.07) is 19.3. The first kappa shape index (κ1) is 41.7. The molecule has 55 heavy (non-hydrogen) atoms. The van der Waals surface area contributed by atoms with Gasteiger partial charge in [0.05, 0.1) is 40.6 Å². The zero-order valence-corrected chi connectivity index (χ0v) is 33.9. The van der Waals surface area contributed by atoms with Crippen molar-refractivity contribution in [1.29, 1.82) is 0 Å². The minimum Gasteiger partial charge on any atom is -0.465 e. The van der Waals surface area contributed by atoms with Crippen LogP contribution >= 0.6 is 11.3 Å². The van der Waals surface area contributed by atoms with Crippen LogP contribution in [0.25, 0.3) is 10.9 Å². The van der Waals surface area contributed by atoms with Crippen LogP contribution in [0, 0.1) is 5.92 Å². The Kier molecular flexibility index (Phi) is 14.0. The molecule has 4 aromatic rings. The minimum absolute atomic E-state index is 0.0374. The van der Waals surface area contributed by atoms with E-state index in [9.17, 15) is 24.6 Å². The summed E-state index contributed by atoms with van der Waals surface area (Å²) in [5.74, 6) is -0.805. The molecule has 1 aliphatic heterocycles. The number of nitrogens with one attached hydrogen (secondary N) is 2. The Balaban J connectivity index is 1.36. The van der Waals surface area contributed by atoms with Crippen molar-refractivity contribution in [3.05, 3.63) is 94.1 Å². The third-order valence-corrected chi connectivity index (χ3v) is 11.0. The number of piperazine rings is 1. The summed E-state index contributed by atoms with van der Waals surface area (Å²) in [6.07, 6.45) is -2.00. The number of aliphatic hydroxyl groups excluding tert-OH is 1. The van der Waals surface area contributed by atoms with Crippen molar-refractivity contribution in [3.8, 4) is 0 Å². The van der Waals surface area contributed by atoms with E-state index in [2.05, 4.69) is 26.6 Å². The molecule has 0 spiro atoms. The highest BCUT2D eigenvalue weighted by Crippen LogP contribution is 2.23. The number of carbonyl (C=O) groups is 3. The molecule has 2 aromatic carbocycles. The van der Waals surface area contributed by atoms with Crippen LogP contribution in [0.1, 0.15) is 76.3 Å². The summed E-state index contributed by atoms with van der Waals surface area (Å²) in [4.78, 5) is 55.6. The van der Waals surface area contributed by atoms with Gasteiger partial charge in [-0.15, -0.1) is 11.3 Å². The number of rotatable bonds is 15. The van der Waals surface area contributed by atoms with Gasteiger partial charge in [-0.05, 0) is 50.8 Å². The average Bonchev–Trinajstić information content (AvgIpc) is 3.60. The molecule has 2 aromatic heterocycles. The minimum atomic E-state index is -1.22. The Morgan fingerprint density at radius 3 is 2.31 bits per heavy atom. The largest absolute Gasteiger partial charge is 0.465 e. The number of benzene rings is 2. The molecule has 1 saturated heterocycles. The number of amides is 3. The molecule has 1 aliphatic rings. The topological polar surface area (TPSA) is 151 Å². The van der Waals surface area contributed by atoms with Gasteiger partial charge in [-0.25, -0.2) is 9.78 Å². The van der Waals surface area contributed by atoms with Crippen LogP contribution in [0.2, 0.25) is 0 Å². The molecular formula is C42H57N7O5S. The molecule has 3 heterocycles. The second-order valence-corrected chi connectivity index (χ2v) is 17.2. The van der Waals surface area contributed by atoms with E-state index in [-0.39, 0.29) is 30.8 Å². The van der Waals surface area contributed by atoms with E-state index in [1.807, 2.05) is 119 Å². The molecule has 3 amide bonds. The fourth-order valence-electron chi connectivity index (χ4n) is 7.08. The fourth-order valence-corrected chi connectivity index (χ4v) is 7.90. The van der Waals surface area contributed by atoms with Gasteiger partial charge in [0.2, 0.25) is 11.8 Å². The lowest BCUT2D eigenvalue weighted by Gasteiger charge is -2.43. The lowest BCUT2D eigenvalue weighted by Crippen LogP contribution is -2.63. The molecule has 12 nitrogen and oxygen atoms in total. The highest BCUT2D eigenvalue weighted by atomic mass is 32.1. The number of hydrogen-bond donors (Lipinski definition) is 4. The Hall–Kier alpha value is -4.43. The molecule has 0 saturated carbocycles. The number of β-amino-alcohol motifs (C(OH)–C–C–N with tert-alkyl or cyclic N) is 1. The lowest BCUT2D eigenvalue weighted by atomic mass is 9.97. The second-order valence-electron chi connectivity index (χ2n) is 16.3. The number of nitrogens with zero attached hydrogens (tertiary/aromatic N) is 5. The van der Waals surface area contributed by atoms with Gasteiger partial charge in [-0.3, -0.25) is 29.3 Å². The Morgan fingerprint density at radius 1 is 0.945 bits per heavy atom. The molecule has 13 heteroatoms. The van der Waals surface area contributed by atoms with Crippen molar-refractivity contribution >= 4 is 40.1 Å². The summed E-state index contributed by atoms with van der Waals surface area (Å²) in [5, 5.41) is 32.4. The molecule has 1 fully saturated rings. The van der Waals surface area contributed by atoms with Crippen molar-refractivity contribution in [2.75, 3.05) is 26.2 Å². The van der Waals surface area contributed by atoms with E-state index >= 15 is 0 Å². The van der Waals surface area contributed by atoms with E-state index in [1.165, 1.54) is 11.3 Å². The zero-order valence-electron chi connectivity index (χ0n) is 33.1. The maximum atomic E-state index is 14.2. The SMILES string of the molecule is CC(C)c1nc(CN(C(=O)O)[C@H](C(=O)N[C@@H](Cc2ccccc2)[C@H](O)CN2CCN(Cc3ccc4ccccc4n3)C[C@H]2C(=O)NC(C)(C)C)C(C)C)cs1. The van der Waals surface area contributed by atoms with E-state index in [0.29, 0.717) is 38.3 Å². The third kappa shape index (κ3) is 11.5. The Labute approximate surface area is 329 Å². The van der Waals surface area contributed by atoms with Crippen LogP contribution in [-0.4, -0.2) is 109 Å². The average molecular weight is 772 g/mol. The van der Waals surface area contributed by atoms with E-state index in [1.54, 1.807) is 0 Å². The van der Waals surface area contributed by atoms with E-state index in [4.69, 9.17) is 4.98 Å². The van der Waals surface area contributed by atoms with Gasteiger partial charge in [0.15, 0.2) is 0 Å². The maximum absolute atomic E-state index is 14.2. The van der Waals surface area contributed by atoms with Crippen molar-refractivity contribution in [2.45, 2.75) is 104 Å². The Bertz CT molecular complexity index is 1900. The molecule has 0 unspecified atom stereocenters. The number of carbonyl (C=O) groups excluding carboxylic acids is 2. The number of thiazole rings is 1. The number of aliphatic hydroxyl groups is 1. The summed E-state index contributed by atoms with van der Waals surface area (Å²) in [7, 11) is 0. The quantitative estimate of drug-likeness (QED) is 0.123. The number of fused-ring (bicyclic) bond motifs is 1. The standard InChI is InChI=1S/C42H57N7O5S/c1-27(2)37(49(41(53)54)23-32-26-55-40(44-32)28(3)4)39(52)45-34(21-29-13-9-8-10-14-29)36(50)25-48-20-19-47(24-35(48)38(51)46-42(5,6)7)22-31-18-17-30-15-11-12-16-33(30)43-31/h8-18,26-28,34-37,50H,19-25H2,1-7H3,(H,45,52)(H,46,51)(H,53,54)/t34-,35-,36+,37-/m0/s1. The number of carboxylic acid groups (broad SMARTS) is 1. The van der Waals surface area contributed by atoms with Crippen LogP contribution in [0.3, 0.4) is 0 Å². The highest BCUT2D eigenvalue weighted by Gasteiger charge is 2.39. The lowest BCUT2D eigenvalue weighted by molar-refractivity contribution is -0.133. The van der Waals surface area contributed by atoms with Crippen LogP contribution in [-0.2, 0) is 29.1 Å². The predicted octanol–water partition coefficient (Wildman–Crippen LogP) is 5.51. The molecule has 0 aliphatic carbocycles. The molecule has 0 radical (unpaired) electrons. The first-order chi connectivity index (χ1) is 26.1. The monoisotopic (exact) mass is 771 g/mol. The predicted molar refractivity (Wildman–Crippen MR) is 217 cm³/mol. The number of pyridine rings is 1. The van der Waals surface area contributed by atoms with E-state index < -0.39 is 41.8 Å². The molecule has 4 N–H and O–H groups in total. The summed E-state index contributed by atoms with van der Waals surface area (Å²) in [6.45, 7) is 15.8. The van der Waals surface area contributed by atoms with Crippen LogP contribution in [0.15, 0.2) is 72.1 Å².